The van der Waals surface area contributed by atoms with Gasteiger partial charge in [0.25, 0.3) is 10.2 Å². The van der Waals surface area contributed by atoms with E-state index in [0.717, 1.165) is 41.2 Å². The molecule has 0 aliphatic carbocycles. The van der Waals surface area contributed by atoms with Gasteiger partial charge in [0, 0.05) is 55.9 Å². The molecule has 0 saturated carbocycles. The highest BCUT2D eigenvalue weighted by molar-refractivity contribution is 7.86. The monoisotopic (exact) mass is 393 g/mol. The molecular formula is C19H24ClN3O2S. The van der Waals surface area contributed by atoms with Gasteiger partial charge in [-0.3, -0.25) is 4.98 Å². The normalized spacial score (nSPS) is 19.0. The van der Waals surface area contributed by atoms with E-state index in [0.29, 0.717) is 13.1 Å². The van der Waals surface area contributed by atoms with Gasteiger partial charge in [0.15, 0.2) is 0 Å². The van der Waals surface area contributed by atoms with E-state index >= 15 is 0 Å². The van der Waals surface area contributed by atoms with E-state index in [1.807, 2.05) is 42.5 Å². The largest absolute Gasteiger partial charge is 0.281 e. The zero-order valence-corrected chi connectivity index (χ0v) is 16.7. The van der Waals surface area contributed by atoms with E-state index in [1.165, 1.54) is 4.31 Å². The van der Waals surface area contributed by atoms with Crippen LogP contribution in [0.4, 0.5) is 0 Å². The van der Waals surface area contributed by atoms with Crippen molar-refractivity contribution in [1.82, 2.24) is 13.6 Å². The molecule has 7 heteroatoms. The average molecular weight is 394 g/mol. The minimum absolute atomic E-state index is 0.128. The number of rotatable bonds is 5. The van der Waals surface area contributed by atoms with Gasteiger partial charge in [-0.25, -0.2) is 0 Å². The Bertz CT molecular complexity index is 853. The van der Waals surface area contributed by atoms with Crippen molar-refractivity contribution in [2.45, 2.75) is 25.2 Å². The smallest absolute Gasteiger partial charge is 0.257 e. The number of nitrogens with zero attached hydrogens (tertiary/aromatic N) is 3. The molecule has 3 rings (SSSR count). The molecule has 0 spiro atoms. The van der Waals surface area contributed by atoms with E-state index in [1.54, 1.807) is 18.4 Å². The Morgan fingerprint density at radius 2 is 1.92 bits per heavy atom. The van der Waals surface area contributed by atoms with Gasteiger partial charge >= 0.3 is 0 Å². The van der Waals surface area contributed by atoms with Crippen LogP contribution in [0.3, 0.4) is 0 Å². The van der Waals surface area contributed by atoms with Gasteiger partial charge in [-0.15, -0.1) is 0 Å². The number of halogens is 1. The minimum Gasteiger partial charge on any atom is -0.257 e. The van der Waals surface area contributed by atoms with E-state index in [-0.39, 0.29) is 5.92 Å². The van der Waals surface area contributed by atoms with E-state index < -0.39 is 10.2 Å². The summed E-state index contributed by atoms with van der Waals surface area (Å²) in [6.45, 7) is 1.05. The molecule has 0 radical (unpaired) electrons. The molecule has 1 aliphatic rings. The van der Waals surface area contributed by atoms with Gasteiger partial charge in [0.05, 0.1) is 0 Å². The quantitative estimate of drug-likeness (QED) is 0.783. The summed E-state index contributed by atoms with van der Waals surface area (Å²) >= 11 is 5.94. The van der Waals surface area contributed by atoms with Crippen LogP contribution in [-0.4, -0.2) is 49.2 Å². The fourth-order valence-corrected chi connectivity index (χ4v) is 4.58. The van der Waals surface area contributed by atoms with Crippen molar-refractivity contribution < 1.29 is 8.42 Å². The van der Waals surface area contributed by atoms with Gasteiger partial charge in [0.2, 0.25) is 0 Å². The third-order valence-electron chi connectivity index (χ3n) is 4.72. The van der Waals surface area contributed by atoms with Crippen LogP contribution < -0.4 is 0 Å². The lowest BCUT2D eigenvalue weighted by Crippen LogP contribution is -2.45. The van der Waals surface area contributed by atoms with Crippen LogP contribution in [0.1, 0.15) is 35.7 Å². The number of pyridine rings is 1. The van der Waals surface area contributed by atoms with Crippen LogP contribution in [0.2, 0.25) is 5.02 Å². The van der Waals surface area contributed by atoms with Crippen LogP contribution >= 0.6 is 11.6 Å². The molecule has 1 aromatic heterocycles. The Balaban J connectivity index is 1.76. The molecule has 0 bridgehead atoms. The number of hydrogen-bond acceptors (Lipinski definition) is 3. The molecule has 2 heterocycles. The maximum atomic E-state index is 12.4. The minimum atomic E-state index is -3.38. The highest BCUT2D eigenvalue weighted by atomic mass is 35.5. The topological polar surface area (TPSA) is 53.5 Å². The molecule has 5 nitrogen and oxygen atoms in total. The second kappa shape index (κ2) is 8.05. The first-order valence-electron chi connectivity index (χ1n) is 8.74. The molecule has 140 valence electrons. The van der Waals surface area contributed by atoms with Crippen molar-refractivity contribution in [2.24, 2.45) is 0 Å². The van der Waals surface area contributed by atoms with Crippen molar-refractivity contribution in [2.75, 3.05) is 27.2 Å². The predicted octanol–water partition coefficient (Wildman–Crippen LogP) is 3.31. The molecule has 1 atom stereocenters. The zero-order chi connectivity index (χ0) is 18.7. The van der Waals surface area contributed by atoms with Crippen molar-refractivity contribution in [3.8, 4) is 0 Å². The lowest BCUT2D eigenvalue weighted by molar-refractivity contribution is 0.296. The van der Waals surface area contributed by atoms with Gasteiger partial charge in [-0.1, -0.05) is 29.8 Å². The summed E-state index contributed by atoms with van der Waals surface area (Å²) < 4.78 is 27.7. The summed E-state index contributed by atoms with van der Waals surface area (Å²) in [5.41, 5.74) is 3.10. The highest BCUT2D eigenvalue weighted by Gasteiger charge is 2.31. The number of aromatic nitrogens is 1. The fourth-order valence-electron chi connectivity index (χ4n) is 3.26. The van der Waals surface area contributed by atoms with Crippen molar-refractivity contribution in [3.63, 3.8) is 0 Å². The molecule has 1 aliphatic heterocycles. The van der Waals surface area contributed by atoms with Gasteiger partial charge in [-0.05, 0) is 42.7 Å². The third kappa shape index (κ3) is 4.43. The predicted molar refractivity (Wildman–Crippen MR) is 105 cm³/mol. The van der Waals surface area contributed by atoms with E-state index in [2.05, 4.69) is 0 Å². The molecule has 0 amide bonds. The van der Waals surface area contributed by atoms with Crippen molar-refractivity contribution in [3.05, 3.63) is 64.4 Å². The van der Waals surface area contributed by atoms with Gasteiger partial charge < -0.3 is 0 Å². The summed E-state index contributed by atoms with van der Waals surface area (Å²) in [6, 6.07) is 13.8. The van der Waals surface area contributed by atoms with Crippen LogP contribution in [-0.2, 0) is 16.6 Å². The Morgan fingerprint density at radius 1 is 1.19 bits per heavy atom. The number of piperidine rings is 1. The molecular weight excluding hydrogens is 370 g/mol. The summed E-state index contributed by atoms with van der Waals surface area (Å²) in [5.74, 6) is 0.128. The van der Waals surface area contributed by atoms with Crippen LogP contribution in [0, 0.1) is 0 Å². The highest BCUT2D eigenvalue weighted by Crippen LogP contribution is 2.28. The summed E-state index contributed by atoms with van der Waals surface area (Å²) in [4.78, 5) is 4.81. The molecule has 1 fully saturated rings. The standard InChI is InChI=1S/C19H24ClN3O2S/c1-22(2)26(24,25)23-12-4-5-16(14-23)19-7-3-6-18(21-19)13-15-8-10-17(20)11-9-15/h3,6-11,16H,4-5,12-14H2,1-2H3. The Hall–Kier alpha value is -1.47. The first-order chi connectivity index (χ1) is 12.4. The molecule has 1 unspecified atom stereocenters. The fraction of sp³-hybridized carbons (Fsp3) is 0.421. The lowest BCUT2D eigenvalue weighted by Gasteiger charge is -2.33. The van der Waals surface area contributed by atoms with Crippen molar-refractivity contribution >= 4 is 21.8 Å². The SMILES string of the molecule is CN(C)S(=O)(=O)N1CCCC(c2cccc(Cc3ccc(Cl)cc3)n2)C1. The van der Waals surface area contributed by atoms with Crippen molar-refractivity contribution in [1.29, 1.82) is 0 Å². The van der Waals surface area contributed by atoms with E-state index in [9.17, 15) is 8.42 Å². The second-order valence-electron chi connectivity index (χ2n) is 6.84. The summed E-state index contributed by atoms with van der Waals surface area (Å²) in [7, 11) is -0.231. The number of benzene rings is 1. The second-order valence-corrected chi connectivity index (χ2v) is 9.42. The molecule has 1 saturated heterocycles. The molecule has 0 N–H and O–H groups in total. The Kier molecular flexibility index (Phi) is 5.97. The Morgan fingerprint density at radius 3 is 2.62 bits per heavy atom. The molecule has 2 aromatic rings. The third-order valence-corrected chi connectivity index (χ3v) is 6.88. The Labute approximate surface area is 160 Å². The van der Waals surface area contributed by atoms with Crippen LogP contribution in [0.5, 0.6) is 0 Å². The lowest BCUT2D eigenvalue weighted by atomic mass is 9.95. The maximum absolute atomic E-state index is 12.4. The van der Waals surface area contributed by atoms with E-state index in [4.69, 9.17) is 16.6 Å². The molecule has 1 aromatic carbocycles. The van der Waals surface area contributed by atoms with Crippen LogP contribution in [0.25, 0.3) is 0 Å². The molecule has 26 heavy (non-hydrogen) atoms. The average Bonchev–Trinajstić information content (AvgIpc) is 2.64. The zero-order valence-electron chi connectivity index (χ0n) is 15.1. The van der Waals surface area contributed by atoms with Crippen LogP contribution in [0.15, 0.2) is 42.5 Å². The number of hydrogen-bond donors (Lipinski definition) is 0. The van der Waals surface area contributed by atoms with Gasteiger partial charge in [-0.2, -0.15) is 17.0 Å². The first kappa shape index (κ1) is 19.3. The summed E-state index contributed by atoms with van der Waals surface area (Å²) in [5, 5.41) is 0.722. The first-order valence-corrected chi connectivity index (χ1v) is 10.5. The maximum Gasteiger partial charge on any atom is 0.281 e. The summed E-state index contributed by atoms with van der Waals surface area (Å²) in [6.07, 6.45) is 2.54. The van der Waals surface area contributed by atoms with Gasteiger partial charge in [0.1, 0.15) is 0 Å².